The summed E-state index contributed by atoms with van der Waals surface area (Å²) in [6.07, 6.45) is 1.78. The maximum absolute atomic E-state index is 4.59. The molecule has 7 heteroatoms. The van der Waals surface area contributed by atoms with E-state index in [-0.39, 0.29) is 0 Å². The van der Waals surface area contributed by atoms with Gasteiger partial charge in [-0.2, -0.15) is 20.1 Å². The van der Waals surface area contributed by atoms with E-state index in [4.69, 9.17) is 0 Å². The van der Waals surface area contributed by atoms with Gasteiger partial charge in [-0.1, -0.05) is 13.8 Å². The SMILES string of the molecule is CCNc1nc(N(C)C)nc(-n2nc(CC)cc2CC)n1. The van der Waals surface area contributed by atoms with Crippen molar-refractivity contribution in [2.75, 3.05) is 30.9 Å². The molecular formula is C14H23N7. The topological polar surface area (TPSA) is 71.8 Å². The van der Waals surface area contributed by atoms with E-state index in [0.717, 1.165) is 30.8 Å². The first-order chi connectivity index (χ1) is 10.1. The first-order valence-corrected chi connectivity index (χ1v) is 7.34. The van der Waals surface area contributed by atoms with Gasteiger partial charge in [0.25, 0.3) is 5.95 Å². The van der Waals surface area contributed by atoms with Gasteiger partial charge >= 0.3 is 0 Å². The summed E-state index contributed by atoms with van der Waals surface area (Å²) in [5.74, 6) is 1.74. The van der Waals surface area contributed by atoms with Crippen molar-refractivity contribution in [3.05, 3.63) is 17.5 Å². The molecule has 114 valence electrons. The van der Waals surface area contributed by atoms with Crippen molar-refractivity contribution in [2.24, 2.45) is 0 Å². The predicted molar refractivity (Wildman–Crippen MR) is 84.2 cm³/mol. The third kappa shape index (κ3) is 3.29. The first-order valence-electron chi connectivity index (χ1n) is 7.34. The van der Waals surface area contributed by atoms with E-state index in [0.29, 0.717) is 17.8 Å². The predicted octanol–water partition coefficient (Wildman–Crippen LogP) is 1.68. The lowest BCUT2D eigenvalue weighted by Gasteiger charge is -2.13. The molecule has 0 saturated carbocycles. The molecule has 21 heavy (non-hydrogen) atoms. The number of hydrogen-bond donors (Lipinski definition) is 1. The van der Waals surface area contributed by atoms with Gasteiger partial charge in [-0.05, 0) is 25.8 Å². The van der Waals surface area contributed by atoms with Gasteiger partial charge in [0.15, 0.2) is 0 Å². The second-order valence-electron chi connectivity index (χ2n) is 4.93. The lowest BCUT2D eigenvalue weighted by atomic mass is 10.3. The van der Waals surface area contributed by atoms with E-state index in [1.54, 1.807) is 0 Å². The Labute approximate surface area is 125 Å². The number of hydrogen-bond acceptors (Lipinski definition) is 6. The molecule has 0 atom stereocenters. The molecule has 0 aliphatic carbocycles. The average molecular weight is 289 g/mol. The minimum Gasteiger partial charge on any atom is -0.354 e. The molecule has 0 radical (unpaired) electrons. The molecule has 0 aliphatic heterocycles. The van der Waals surface area contributed by atoms with Crippen LogP contribution in [0.5, 0.6) is 0 Å². The molecule has 2 aromatic rings. The summed E-state index contributed by atoms with van der Waals surface area (Å²) < 4.78 is 1.81. The summed E-state index contributed by atoms with van der Waals surface area (Å²) in [6.45, 7) is 6.97. The zero-order valence-corrected chi connectivity index (χ0v) is 13.4. The summed E-state index contributed by atoms with van der Waals surface area (Å²) >= 11 is 0. The fourth-order valence-corrected chi connectivity index (χ4v) is 1.96. The molecule has 0 aliphatic rings. The van der Waals surface area contributed by atoms with E-state index < -0.39 is 0 Å². The van der Waals surface area contributed by atoms with Gasteiger partial charge in [0, 0.05) is 26.3 Å². The first kappa shape index (κ1) is 15.2. The highest BCUT2D eigenvalue weighted by Crippen LogP contribution is 2.15. The third-order valence-corrected chi connectivity index (χ3v) is 3.09. The van der Waals surface area contributed by atoms with Crippen LogP contribution >= 0.6 is 0 Å². The monoisotopic (exact) mass is 289 g/mol. The molecule has 0 saturated heterocycles. The third-order valence-electron chi connectivity index (χ3n) is 3.09. The lowest BCUT2D eigenvalue weighted by molar-refractivity contribution is 0.736. The number of aryl methyl sites for hydroxylation is 2. The number of nitrogens with one attached hydrogen (secondary N) is 1. The quantitative estimate of drug-likeness (QED) is 0.872. The molecule has 1 N–H and O–H groups in total. The smallest absolute Gasteiger partial charge is 0.257 e. The summed E-state index contributed by atoms with van der Waals surface area (Å²) in [4.78, 5) is 15.2. The van der Waals surface area contributed by atoms with Gasteiger partial charge in [-0.25, -0.2) is 4.68 Å². The lowest BCUT2D eigenvalue weighted by Crippen LogP contribution is -2.18. The largest absolute Gasteiger partial charge is 0.354 e. The van der Waals surface area contributed by atoms with Crippen molar-refractivity contribution in [2.45, 2.75) is 33.6 Å². The van der Waals surface area contributed by atoms with Crippen LogP contribution in [0.2, 0.25) is 0 Å². The number of rotatable bonds is 6. The number of aromatic nitrogens is 5. The zero-order valence-electron chi connectivity index (χ0n) is 13.4. The van der Waals surface area contributed by atoms with E-state index in [1.807, 2.05) is 30.6 Å². The van der Waals surface area contributed by atoms with Crippen LogP contribution in [0.4, 0.5) is 11.9 Å². The Hall–Kier alpha value is -2.18. The molecule has 2 heterocycles. The maximum atomic E-state index is 4.59. The Bertz CT molecular complexity index is 603. The fraction of sp³-hybridized carbons (Fsp3) is 0.571. The van der Waals surface area contributed by atoms with E-state index in [9.17, 15) is 0 Å². The molecule has 0 spiro atoms. The Kier molecular flexibility index (Phi) is 4.72. The summed E-state index contributed by atoms with van der Waals surface area (Å²) in [5.41, 5.74) is 2.15. The van der Waals surface area contributed by atoms with E-state index >= 15 is 0 Å². The molecule has 0 bridgehead atoms. The van der Waals surface area contributed by atoms with Crippen molar-refractivity contribution in [1.29, 1.82) is 0 Å². The Morgan fingerprint density at radius 2 is 1.86 bits per heavy atom. The van der Waals surface area contributed by atoms with Crippen LogP contribution in [0.25, 0.3) is 5.95 Å². The van der Waals surface area contributed by atoms with Crippen LogP contribution in [-0.2, 0) is 12.8 Å². The Morgan fingerprint density at radius 1 is 1.10 bits per heavy atom. The molecule has 0 amide bonds. The van der Waals surface area contributed by atoms with Crippen molar-refractivity contribution < 1.29 is 0 Å². The van der Waals surface area contributed by atoms with Crippen LogP contribution in [-0.4, -0.2) is 45.4 Å². The number of anilines is 2. The van der Waals surface area contributed by atoms with Crippen molar-refractivity contribution in [3.8, 4) is 5.95 Å². The highest BCUT2D eigenvalue weighted by Gasteiger charge is 2.14. The minimum atomic E-state index is 0.557. The molecule has 0 aromatic carbocycles. The van der Waals surface area contributed by atoms with Gasteiger partial charge in [-0.3, -0.25) is 0 Å². The Balaban J connectivity index is 2.53. The van der Waals surface area contributed by atoms with Crippen molar-refractivity contribution in [3.63, 3.8) is 0 Å². The maximum Gasteiger partial charge on any atom is 0.257 e. The van der Waals surface area contributed by atoms with Gasteiger partial charge < -0.3 is 10.2 Å². The second-order valence-corrected chi connectivity index (χ2v) is 4.93. The van der Waals surface area contributed by atoms with Crippen LogP contribution in [0.15, 0.2) is 6.07 Å². The summed E-state index contributed by atoms with van der Waals surface area (Å²) in [7, 11) is 3.83. The van der Waals surface area contributed by atoms with Crippen LogP contribution in [0.3, 0.4) is 0 Å². The normalized spacial score (nSPS) is 10.7. The summed E-state index contributed by atoms with van der Waals surface area (Å²) in [6, 6.07) is 2.10. The molecule has 2 rings (SSSR count). The standard InChI is InChI=1S/C14H23N7/c1-6-10-9-11(7-2)21(19-10)14-17-12(15-8-3)16-13(18-14)20(4)5/h9H,6-8H2,1-5H3,(H,15,16,17,18). The van der Waals surface area contributed by atoms with Crippen molar-refractivity contribution in [1.82, 2.24) is 24.7 Å². The van der Waals surface area contributed by atoms with Crippen LogP contribution < -0.4 is 10.2 Å². The van der Waals surface area contributed by atoms with Gasteiger partial charge in [0.2, 0.25) is 11.9 Å². The average Bonchev–Trinajstić information content (AvgIpc) is 2.90. The second kappa shape index (κ2) is 6.51. The van der Waals surface area contributed by atoms with Crippen LogP contribution in [0.1, 0.15) is 32.2 Å². The van der Waals surface area contributed by atoms with E-state index in [1.165, 1.54) is 0 Å². The van der Waals surface area contributed by atoms with Gasteiger partial charge in [0.1, 0.15) is 0 Å². The zero-order chi connectivity index (χ0) is 15.4. The molecular weight excluding hydrogens is 266 g/mol. The molecule has 7 nitrogen and oxygen atoms in total. The van der Waals surface area contributed by atoms with E-state index in [2.05, 4.69) is 45.3 Å². The fourth-order valence-electron chi connectivity index (χ4n) is 1.96. The summed E-state index contributed by atoms with van der Waals surface area (Å²) in [5, 5.41) is 7.73. The van der Waals surface area contributed by atoms with Gasteiger partial charge in [-0.15, -0.1) is 0 Å². The van der Waals surface area contributed by atoms with Crippen LogP contribution in [0, 0.1) is 0 Å². The molecule has 0 unspecified atom stereocenters. The highest BCUT2D eigenvalue weighted by molar-refractivity contribution is 5.39. The number of nitrogens with zero attached hydrogens (tertiary/aromatic N) is 6. The molecule has 0 fully saturated rings. The van der Waals surface area contributed by atoms with Crippen molar-refractivity contribution >= 4 is 11.9 Å². The Morgan fingerprint density at radius 3 is 2.43 bits per heavy atom. The van der Waals surface area contributed by atoms with Gasteiger partial charge in [0.05, 0.1) is 5.69 Å². The molecule has 2 aromatic heterocycles. The highest BCUT2D eigenvalue weighted by atomic mass is 15.4. The minimum absolute atomic E-state index is 0.557.